The predicted molar refractivity (Wildman–Crippen MR) is 77.2 cm³/mol. The summed E-state index contributed by atoms with van der Waals surface area (Å²) in [5, 5.41) is 6.85. The van der Waals surface area contributed by atoms with Crippen LogP contribution in [0.3, 0.4) is 0 Å². The maximum atomic E-state index is 12.1. The molecule has 1 aromatic carbocycles. The SMILES string of the molecule is CC(=O)NCCNC(=O)c1cnc(N)c2ccccc12. The van der Waals surface area contributed by atoms with Gasteiger partial charge < -0.3 is 16.4 Å². The van der Waals surface area contributed by atoms with Gasteiger partial charge in [-0.25, -0.2) is 4.98 Å². The number of carbonyl (C=O) groups excluding carboxylic acids is 2. The lowest BCUT2D eigenvalue weighted by molar-refractivity contribution is -0.118. The number of pyridine rings is 1. The zero-order valence-electron chi connectivity index (χ0n) is 11.1. The summed E-state index contributed by atoms with van der Waals surface area (Å²) in [6.07, 6.45) is 1.46. The summed E-state index contributed by atoms with van der Waals surface area (Å²) in [6.45, 7) is 2.18. The summed E-state index contributed by atoms with van der Waals surface area (Å²) >= 11 is 0. The van der Waals surface area contributed by atoms with E-state index in [2.05, 4.69) is 15.6 Å². The molecule has 0 saturated carbocycles. The summed E-state index contributed by atoms with van der Waals surface area (Å²) in [7, 11) is 0. The number of nitrogens with two attached hydrogens (primary N) is 1. The number of nitrogens with zero attached hydrogens (tertiary/aromatic N) is 1. The van der Waals surface area contributed by atoms with Crippen LogP contribution in [0, 0.1) is 0 Å². The van der Waals surface area contributed by atoms with Crippen LogP contribution < -0.4 is 16.4 Å². The van der Waals surface area contributed by atoms with Crippen molar-refractivity contribution in [1.29, 1.82) is 0 Å². The van der Waals surface area contributed by atoms with E-state index in [1.165, 1.54) is 13.1 Å². The van der Waals surface area contributed by atoms with E-state index in [1.54, 1.807) is 0 Å². The van der Waals surface area contributed by atoms with E-state index in [1.807, 2.05) is 24.3 Å². The van der Waals surface area contributed by atoms with Gasteiger partial charge in [-0.1, -0.05) is 24.3 Å². The summed E-state index contributed by atoms with van der Waals surface area (Å²) in [6, 6.07) is 7.34. The van der Waals surface area contributed by atoms with E-state index in [0.717, 1.165) is 10.8 Å². The number of anilines is 1. The van der Waals surface area contributed by atoms with Crippen molar-refractivity contribution in [2.75, 3.05) is 18.8 Å². The van der Waals surface area contributed by atoms with Crippen LogP contribution >= 0.6 is 0 Å². The van der Waals surface area contributed by atoms with E-state index in [0.29, 0.717) is 24.5 Å². The molecule has 0 aliphatic carbocycles. The fourth-order valence-electron chi connectivity index (χ4n) is 1.91. The van der Waals surface area contributed by atoms with E-state index in [-0.39, 0.29) is 11.8 Å². The molecule has 20 heavy (non-hydrogen) atoms. The van der Waals surface area contributed by atoms with Crippen molar-refractivity contribution in [1.82, 2.24) is 15.6 Å². The zero-order valence-corrected chi connectivity index (χ0v) is 11.1. The highest BCUT2D eigenvalue weighted by atomic mass is 16.2. The van der Waals surface area contributed by atoms with Gasteiger partial charge in [0.15, 0.2) is 0 Å². The number of fused-ring (bicyclic) bond motifs is 1. The lowest BCUT2D eigenvalue weighted by atomic mass is 10.1. The number of rotatable bonds is 4. The summed E-state index contributed by atoms with van der Waals surface area (Å²) in [4.78, 5) is 26.9. The average molecular weight is 272 g/mol. The Bertz CT molecular complexity index is 655. The fourth-order valence-corrected chi connectivity index (χ4v) is 1.91. The molecule has 6 heteroatoms. The molecule has 2 amide bonds. The van der Waals surface area contributed by atoms with Gasteiger partial charge in [-0.2, -0.15) is 0 Å². The first-order valence-corrected chi connectivity index (χ1v) is 6.25. The number of hydrogen-bond acceptors (Lipinski definition) is 4. The Morgan fingerprint density at radius 2 is 1.80 bits per heavy atom. The first kappa shape index (κ1) is 13.8. The summed E-state index contributed by atoms with van der Waals surface area (Å²) in [5.41, 5.74) is 6.26. The molecule has 2 rings (SSSR count). The largest absolute Gasteiger partial charge is 0.383 e. The first-order chi connectivity index (χ1) is 9.59. The van der Waals surface area contributed by atoms with Crippen molar-refractivity contribution in [2.24, 2.45) is 0 Å². The van der Waals surface area contributed by atoms with E-state index in [4.69, 9.17) is 5.73 Å². The molecular formula is C14H16N4O2. The van der Waals surface area contributed by atoms with Crippen LogP contribution in [0.2, 0.25) is 0 Å². The number of amides is 2. The minimum absolute atomic E-state index is 0.126. The molecule has 0 saturated heterocycles. The Balaban J connectivity index is 2.14. The smallest absolute Gasteiger partial charge is 0.253 e. The highest BCUT2D eigenvalue weighted by Gasteiger charge is 2.11. The molecule has 104 valence electrons. The van der Waals surface area contributed by atoms with Gasteiger partial charge in [0.05, 0.1) is 5.56 Å². The molecule has 0 radical (unpaired) electrons. The standard InChI is InChI=1S/C14H16N4O2/c1-9(19)16-6-7-17-14(20)12-8-18-13(15)11-5-3-2-4-10(11)12/h2-5,8H,6-7H2,1H3,(H2,15,18)(H,16,19)(H,17,20). The van der Waals surface area contributed by atoms with Crippen molar-refractivity contribution >= 4 is 28.4 Å². The number of benzene rings is 1. The number of carbonyl (C=O) groups is 2. The molecule has 1 heterocycles. The molecule has 2 aromatic rings. The van der Waals surface area contributed by atoms with E-state index in [9.17, 15) is 9.59 Å². The van der Waals surface area contributed by atoms with Crippen LogP contribution in [-0.2, 0) is 4.79 Å². The highest BCUT2D eigenvalue weighted by molar-refractivity contribution is 6.08. The number of aromatic nitrogens is 1. The van der Waals surface area contributed by atoms with Gasteiger partial charge in [0.2, 0.25) is 5.91 Å². The van der Waals surface area contributed by atoms with Crippen molar-refractivity contribution < 1.29 is 9.59 Å². The minimum Gasteiger partial charge on any atom is -0.383 e. The molecule has 4 N–H and O–H groups in total. The monoisotopic (exact) mass is 272 g/mol. The lowest BCUT2D eigenvalue weighted by Gasteiger charge is -2.09. The molecule has 0 unspecified atom stereocenters. The summed E-state index contributed by atoms with van der Waals surface area (Å²) < 4.78 is 0. The number of hydrogen-bond donors (Lipinski definition) is 3. The van der Waals surface area contributed by atoms with Crippen molar-refractivity contribution in [3.8, 4) is 0 Å². The third-order valence-electron chi connectivity index (χ3n) is 2.86. The van der Waals surface area contributed by atoms with Crippen molar-refractivity contribution in [3.05, 3.63) is 36.0 Å². The van der Waals surface area contributed by atoms with E-state index >= 15 is 0 Å². The van der Waals surface area contributed by atoms with Crippen LogP contribution in [0.25, 0.3) is 10.8 Å². The molecule has 1 aromatic heterocycles. The maximum absolute atomic E-state index is 12.1. The van der Waals surface area contributed by atoms with Crippen molar-refractivity contribution in [2.45, 2.75) is 6.92 Å². The van der Waals surface area contributed by atoms with Gasteiger partial charge in [-0.3, -0.25) is 9.59 Å². The fraction of sp³-hybridized carbons (Fsp3) is 0.214. The molecule has 0 fully saturated rings. The van der Waals surface area contributed by atoms with E-state index < -0.39 is 0 Å². The number of nitrogens with one attached hydrogen (secondary N) is 2. The van der Waals surface area contributed by atoms with Gasteiger partial charge in [0.1, 0.15) is 5.82 Å². The Labute approximate surface area is 116 Å². The van der Waals surface area contributed by atoms with Gasteiger partial charge in [-0.15, -0.1) is 0 Å². The molecular weight excluding hydrogens is 256 g/mol. The average Bonchev–Trinajstić information content (AvgIpc) is 2.44. The van der Waals surface area contributed by atoms with Gasteiger partial charge in [0.25, 0.3) is 5.91 Å². The summed E-state index contributed by atoms with van der Waals surface area (Å²) in [5.74, 6) is 0.0355. The molecule has 6 nitrogen and oxygen atoms in total. The normalized spacial score (nSPS) is 10.2. The van der Waals surface area contributed by atoms with Crippen molar-refractivity contribution in [3.63, 3.8) is 0 Å². The molecule has 0 bridgehead atoms. The van der Waals surface area contributed by atoms with Crippen LogP contribution in [0.1, 0.15) is 17.3 Å². The second kappa shape index (κ2) is 6.01. The first-order valence-electron chi connectivity index (χ1n) is 6.25. The zero-order chi connectivity index (χ0) is 14.5. The quantitative estimate of drug-likeness (QED) is 0.713. The molecule has 0 atom stereocenters. The second-order valence-corrected chi connectivity index (χ2v) is 4.34. The minimum atomic E-state index is -0.237. The Morgan fingerprint density at radius 1 is 1.15 bits per heavy atom. The molecule has 0 aliphatic heterocycles. The second-order valence-electron chi connectivity index (χ2n) is 4.34. The van der Waals surface area contributed by atoms with Crippen LogP contribution in [0.5, 0.6) is 0 Å². The van der Waals surface area contributed by atoms with Gasteiger partial charge in [-0.05, 0) is 5.39 Å². The lowest BCUT2D eigenvalue weighted by Crippen LogP contribution is -2.33. The van der Waals surface area contributed by atoms with Gasteiger partial charge >= 0.3 is 0 Å². The third kappa shape index (κ3) is 3.03. The third-order valence-corrected chi connectivity index (χ3v) is 2.86. The topological polar surface area (TPSA) is 97.1 Å². The van der Waals surface area contributed by atoms with Crippen LogP contribution in [0.15, 0.2) is 30.5 Å². The Morgan fingerprint density at radius 3 is 2.50 bits per heavy atom. The Kier molecular flexibility index (Phi) is 4.14. The molecule has 0 spiro atoms. The highest BCUT2D eigenvalue weighted by Crippen LogP contribution is 2.22. The Hall–Kier alpha value is -2.63. The molecule has 0 aliphatic rings. The van der Waals surface area contributed by atoms with Gasteiger partial charge in [0, 0.05) is 31.6 Å². The van der Waals surface area contributed by atoms with Crippen LogP contribution in [-0.4, -0.2) is 29.9 Å². The van der Waals surface area contributed by atoms with Crippen LogP contribution in [0.4, 0.5) is 5.82 Å². The predicted octanol–water partition coefficient (Wildman–Crippen LogP) is 0.683. The number of nitrogen functional groups attached to an aromatic ring is 1. The maximum Gasteiger partial charge on any atom is 0.253 e.